The lowest BCUT2D eigenvalue weighted by Gasteiger charge is -2.41. The Morgan fingerprint density at radius 2 is 2.22 bits per heavy atom. The second kappa shape index (κ2) is 6.40. The number of carbonyl (C=O) groups excluding carboxylic acids is 2. The van der Waals surface area contributed by atoms with Crippen LogP contribution in [0.4, 0.5) is 0 Å². The van der Waals surface area contributed by atoms with Gasteiger partial charge in [-0.25, -0.2) is 0 Å². The van der Waals surface area contributed by atoms with Gasteiger partial charge in [0.2, 0.25) is 5.91 Å². The molecule has 3 rings (SSSR count). The molecule has 23 heavy (non-hydrogen) atoms. The van der Waals surface area contributed by atoms with E-state index in [9.17, 15) is 9.59 Å². The zero-order valence-electron chi connectivity index (χ0n) is 13.4. The van der Waals surface area contributed by atoms with E-state index >= 15 is 0 Å². The molecule has 2 aliphatic heterocycles. The average Bonchev–Trinajstić information content (AvgIpc) is 2.98. The van der Waals surface area contributed by atoms with Crippen LogP contribution in [0.15, 0.2) is 18.2 Å². The van der Waals surface area contributed by atoms with Crippen LogP contribution in [0.5, 0.6) is 5.75 Å². The lowest BCUT2D eigenvalue weighted by Crippen LogP contribution is -2.60. The van der Waals surface area contributed by atoms with E-state index in [0.717, 1.165) is 24.9 Å². The normalized spacial score (nSPS) is 23.9. The van der Waals surface area contributed by atoms with Gasteiger partial charge in [0.1, 0.15) is 11.8 Å². The summed E-state index contributed by atoms with van der Waals surface area (Å²) in [4.78, 5) is 28.4. The smallest absolute Gasteiger partial charge is 0.261 e. The maximum absolute atomic E-state index is 12.5. The van der Waals surface area contributed by atoms with E-state index in [2.05, 4.69) is 0 Å². The molecule has 5 nitrogen and oxygen atoms in total. The van der Waals surface area contributed by atoms with Crippen molar-refractivity contribution in [2.45, 2.75) is 38.8 Å². The molecule has 124 valence electrons. The third-order valence-electron chi connectivity index (χ3n) is 4.70. The van der Waals surface area contributed by atoms with Crippen molar-refractivity contribution in [2.75, 3.05) is 19.7 Å². The van der Waals surface area contributed by atoms with Crippen LogP contribution in [0.1, 0.15) is 25.3 Å². The Bertz CT molecular complexity index is 634. The third kappa shape index (κ3) is 3.15. The van der Waals surface area contributed by atoms with Crippen molar-refractivity contribution in [1.29, 1.82) is 0 Å². The van der Waals surface area contributed by atoms with Crippen molar-refractivity contribution in [1.82, 2.24) is 9.80 Å². The van der Waals surface area contributed by atoms with Gasteiger partial charge in [-0.1, -0.05) is 11.6 Å². The summed E-state index contributed by atoms with van der Waals surface area (Å²) < 4.78 is 5.63. The van der Waals surface area contributed by atoms with Crippen LogP contribution < -0.4 is 4.74 Å². The fourth-order valence-electron chi connectivity index (χ4n) is 3.39. The van der Waals surface area contributed by atoms with Gasteiger partial charge in [-0.05, 0) is 50.5 Å². The summed E-state index contributed by atoms with van der Waals surface area (Å²) >= 11 is 5.92. The monoisotopic (exact) mass is 336 g/mol. The van der Waals surface area contributed by atoms with Crippen LogP contribution in [0.2, 0.25) is 5.02 Å². The number of fused-ring (bicyclic) bond motifs is 1. The van der Waals surface area contributed by atoms with Crippen molar-refractivity contribution in [2.24, 2.45) is 0 Å². The highest BCUT2D eigenvalue weighted by molar-refractivity contribution is 6.30. The Morgan fingerprint density at radius 1 is 1.43 bits per heavy atom. The number of benzene rings is 1. The predicted molar refractivity (Wildman–Crippen MR) is 87.6 cm³/mol. The number of hydrogen-bond donors (Lipinski definition) is 0. The van der Waals surface area contributed by atoms with E-state index in [-0.39, 0.29) is 24.5 Å². The Kier molecular flexibility index (Phi) is 4.48. The molecule has 2 fully saturated rings. The van der Waals surface area contributed by atoms with Gasteiger partial charge in [0.05, 0.1) is 0 Å². The topological polar surface area (TPSA) is 49.9 Å². The number of hydrogen-bond acceptors (Lipinski definition) is 3. The van der Waals surface area contributed by atoms with Crippen molar-refractivity contribution in [3.8, 4) is 5.75 Å². The largest absolute Gasteiger partial charge is 0.483 e. The number of carbonyl (C=O) groups is 2. The number of rotatable bonds is 3. The second-order valence-corrected chi connectivity index (χ2v) is 6.68. The Morgan fingerprint density at radius 3 is 2.96 bits per heavy atom. The molecule has 0 bridgehead atoms. The van der Waals surface area contributed by atoms with E-state index in [0.29, 0.717) is 17.3 Å². The molecule has 0 aromatic heterocycles. The van der Waals surface area contributed by atoms with Crippen LogP contribution in [-0.4, -0.2) is 53.4 Å². The molecule has 2 heterocycles. The second-order valence-electron chi connectivity index (χ2n) is 6.25. The summed E-state index contributed by atoms with van der Waals surface area (Å²) in [6.07, 6.45) is 1.99. The first-order valence-corrected chi connectivity index (χ1v) is 8.34. The summed E-state index contributed by atoms with van der Waals surface area (Å²) in [6, 6.07) is 5.04. The third-order valence-corrected chi connectivity index (χ3v) is 4.94. The molecule has 0 aliphatic carbocycles. The van der Waals surface area contributed by atoms with Gasteiger partial charge in [0, 0.05) is 24.2 Å². The van der Waals surface area contributed by atoms with Gasteiger partial charge >= 0.3 is 0 Å². The van der Waals surface area contributed by atoms with Crippen LogP contribution >= 0.6 is 11.6 Å². The molecule has 0 N–H and O–H groups in total. The summed E-state index contributed by atoms with van der Waals surface area (Å²) in [5.74, 6) is 0.544. The Hall–Kier alpha value is -1.75. The summed E-state index contributed by atoms with van der Waals surface area (Å²) in [7, 11) is 0. The fourth-order valence-corrected chi connectivity index (χ4v) is 3.62. The molecule has 1 aromatic rings. The Labute approximate surface area is 141 Å². The molecular formula is C17H21ClN2O3. The first-order chi connectivity index (χ1) is 11.0. The zero-order chi connectivity index (χ0) is 16.6. The molecule has 2 atom stereocenters. The van der Waals surface area contributed by atoms with Gasteiger partial charge in [-0.2, -0.15) is 0 Å². The summed E-state index contributed by atoms with van der Waals surface area (Å²) in [5.41, 5.74) is 0.884. The number of ether oxygens (including phenoxy) is 1. The molecule has 2 aliphatic rings. The van der Waals surface area contributed by atoms with Gasteiger partial charge in [-0.3, -0.25) is 9.59 Å². The molecule has 0 spiro atoms. The van der Waals surface area contributed by atoms with Crippen LogP contribution in [-0.2, 0) is 9.59 Å². The minimum atomic E-state index is -0.410. The Balaban J connectivity index is 1.64. The zero-order valence-corrected chi connectivity index (χ0v) is 14.2. The number of halogens is 1. The summed E-state index contributed by atoms with van der Waals surface area (Å²) in [5, 5.41) is 0.637. The molecule has 2 saturated heterocycles. The number of aryl methyl sites for hydroxylation is 1. The molecular weight excluding hydrogens is 316 g/mol. The minimum Gasteiger partial charge on any atom is -0.483 e. The highest BCUT2D eigenvalue weighted by Crippen LogP contribution is 2.26. The lowest BCUT2D eigenvalue weighted by atomic mass is 10.1. The van der Waals surface area contributed by atoms with Gasteiger partial charge < -0.3 is 14.5 Å². The summed E-state index contributed by atoms with van der Waals surface area (Å²) in [6.45, 7) is 5.04. The van der Waals surface area contributed by atoms with E-state index < -0.39 is 6.04 Å². The highest BCUT2D eigenvalue weighted by atomic mass is 35.5. The minimum absolute atomic E-state index is 0.0507. The first-order valence-electron chi connectivity index (χ1n) is 7.96. The van der Waals surface area contributed by atoms with Crippen molar-refractivity contribution < 1.29 is 14.3 Å². The highest BCUT2D eigenvalue weighted by Gasteiger charge is 2.41. The van der Waals surface area contributed by atoms with Crippen LogP contribution in [0, 0.1) is 6.92 Å². The lowest BCUT2D eigenvalue weighted by molar-refractivity contribution is -0.153. The SMILES string of the molecule is Cc1cc(Cl)ccc1OCC(=O)N1C[C@H]2CCCN2C(=O)[C@H]1C. The standard InChI is InChI=1S/C17H21ClN2O3/c1-11-8-13(18)5-6-15(11)23-10-16(21)20-9-14-4-3-7-19(14)17(22)12(20)2/h5-6,8,12,14H,3-4,7,9-10H2,1-2H3/t12-,14-/m1/s1. The van der Waals surface area contributed by atoms with Gasteiger partial charge in [0.15, 0.2) is 6.61 Å². The number of amides is 2. The maximum atomic E-state index is 12.5. The average molecular weight is 337 g/mol. The molecule has 1 aromatic carbocycles. The van der Waals surface area contributed by atoms with Gasteiger partial charge in [-0.15, -0.1) is 0 Å². The first kappa shape index (κ1) is 16.1. The van der Waals surface area contributed by atoms with E-state index in [1.54, 1.807) is 30.0 Å². The maximum Gasteiger partial charge on any atom is 0.261 e. The van der Waals surface area contributed by atoms with E-state index in [4.69, 9.17) is 16.3 Å². The van der Waals surface area contributed by atoms with Crippen LogP contribution in [0.3, 0.4) is 0 Å². The van der Waals surface area contributed by atoms with E-state index in [1.807, 2.05) is 11.8 Å². The molecule has 0 saturated carbocycles. The quantitative estimate of drug-likeness (QED) is 0.850. The van der Waals surface area contributed by atoms with Crippen molar-refractivity contribution in [3.05, 3.63) is 28.8 Å². The fraction of sp³-hybridized carbons (Fsp3) is 0.529. The number of nitrogens with zero attached hydrogens (tertiary/aromatic N) is 2. The van der Waals surface area contributed by atoms with Crippen molar-refractivity contribution >= 4 is 23.4 Å². The molecule has 0 radical (unpaired) electrons. The molecule has 0 unspecified atom stereocenters. The van der Waals surface area contributed by atoms with Crippen LogP contribution in [0.25, 0.3) is 0 Å². The molecule has 2 amide bonds. The predicted octanol–water partition coefficient (Wildman–Crippen LogP) is 2.25. The van der Waals surface area contributed by atoms with E-state index in [1.165, 1.54) is 0 Å². The number of piperazine rings is 1. The molecule has 6 heteroatoms. The van der Waals surface area contributed by atoms with Gasteiger partial charge in [0.25, 0.3) is 5.91 Å². The van der Waals surface area contributed by atoms with Crippen molar-refractivity contribution in [3.63, 3.8) is 0 Å².